The van der Waals surface area contributed by atoms with Gasteiger partial charge in [0.15, 0.2) is 5.96 Å². The minimum Gasteiger partial charge on any atom is -0.492 e. The maximum Gasteiger partial charge on any atom is 0.214 e. The number of nitrogens with zero attached hydrogens (tertiary/aromatic N) is 2. The number of benzene rings is 1. The Morgan fingerprint density at radius 2 is 2.17 bits per heavy atom. The molecule has 0 atom stereocenters. The fraction of sp³-hybridized carbons (Fsp3) is 0.375. The molecule has 0 saturated carbocycles. The molecule has 2 aromatic rings. The van der Waals surface area contributed by atoms with Gasteiger partial charge in [0.1, 0.15) is 23.9 Å². The molecule has 0 amide bonds. The molecular weight excluding hydrogens is 299 g/mol. The number of aryl methyl sites for hydroxylation is 2. The Morgan fingerprint density at radius 1 is 1.35 bits per heavy atom. The highest BCUT2D eigenvalue weighted by molar-refractivity contribution is 5.79. The minimum absolute atomic E-state index is 0.315. The van der Waals surface area contributed by atoms with Crippen LogP contribution in [0.3, 0.4) is 0 Å². The average Bonchev–Trinajstić information content (AvgIpc) is 2.85. The lowest BCUT2D eigenvalue weighted by Gasteiger charge is -2.11. The van der Waals surface area contributed by atoms with Gasteiger partial charge in [-0.2, -0.15) is 0 Å². The third-order valence-corrected chi connectivity index (χ3v) is 3.16. The first-order valence-electron chi connectivity index (χ1n) is 7.34. The van der Waals surface area contributed by atoms with E-state index in [2.05, 4.69) is 20.6 Å². The predicted octanol–water partition coefficient (Wildman–Crippen LogP) is 2.17. The Labute approximate surface area is 134 Å². The lowest BCUT2D eigenvalue weighted by Crippen LogP contribution is -2.38. The second-order valence-corrected chi connectivity index (χ2v) is 4.91. The van der Waals surface area contributed by atoms with Crippen LogP contribution in [0.1, 0.15) is 17.3 Å². The number of rotatable bonds is 6. The van der Waals surface area contributed by atoms with E-state index in [0.29, 0.717) is 37.3 Å². The number of guanidine groups is 1. The number of oxazole rings is 1. The predicted molar refractivity (Wildman–Crippen MR) is 86.1 cm³/mol. The van der Waals surface area contributed by atoms with E-state index < -0.39 is 0 Å². The highest BCUT2D eigenvalue weighted by Gasteiger charge is 2.06. The smallest absolute Gasteiger partial charge is 0.214 e. The van der Waals surface area contributed by atoms with Crippen LogP contribution in [-0.2, 0) is 6.54 Å². The summed E-state index contributed by atoms with van der Waals surface area (Å²) in [6, 6.07) is 6.05. The molecule has 0 aliphatic heterocycles. The van der Waals surface area contributed by atoms with Crippen molar-refractivity contribution in [2.24, 2.45) is 4.99 Å². The first-order chi connectivity index (χ1) is 11.1. The van der Waals surface area contributed by atoms with E-state index >= 15 is 0 Å². The van der Waals surface area contributed by atoms with Crippen LogP contribution in [0.4, 0.5) is 4.39 Å². The van der Waals surface area contributed by atoms with Gasteiger partial charge in [-0.1, -0.05) is 6.07 Å². The molecule has 1 aromatic heterocycles. The number of nitrogens with one attached hydrogen (secondary N) is 2. The lowest BCUT2D eigenvalue weighted by molar-refractivity contribution is 0.320. The zero-order valence-electron chi connectivity index (χ0n) is 13.5. The van der Waals surface area contributed by atoms with Crippen LogP contribution in [0.5, 0.6) is 5.75 Å². The third-order valence-electron chi connectivity index (χ3n) is 3.16. The molecule has 0 aliphatic carbocycles. The van der Waals surface area contributed by atoms with Crippen molar-refractivity contribution in [1.82, 2.24) is 15.6 Å². The van der Waals surface area contributed by atoms with Crippen LogP contribution < -0.4 is 15.4 Å². The Morgan fingerprint density at radius 3 is 2.83 bits per heavy atom. The molecule has 2 N–H and O–H groups in total. The van der Waals surface area contributed by atoms with E-state index in [4.69, 9.17) is 9.15 Å². The number of aromatic nitrogens is 1. The maximum absolute atomic E-state index is 13.0. The summed E-state index contributed by atoms with van der Waals surface area (Å²) in [5.41, 5.74) is 0.883. The van der Waals surface area contributed by atoms with Crippen LogP contribution >= 0.6 is 0 Å². The van der Waals surface area contributed by atoms with Crippen molar-refractivity contribution in [1.29, 1.82) is 0 Å². The summed E-state index contributed by atoms with van der Waals surface area (Å²) in [6.07, 6.45) is 0. The normalized spacial score (nSPS) is 11.4. The van der Waals surface area contributed by atoms with Gasteiger partial charge in [-0.15, -0.1) is 0 Å². The molecule has 7 heteroatoms. The van der Waals surface area contributed by atoms with E-state index in [0.717, 1.165) is 11.5 Å². The number of ether oxygens (including phenoxy) is 1. The van der Waals surface area contributed by atoms with Crippen LogP contribution in [0.2, 0.25) is 0 Å². The van der Waals surface area contributed by atoms with Gasteiger partial charge in [0.25, 0.3) is 0 Å². The van der Waals surface area contributed by atoms with Crippen molar-refractivity contribution in [2.75, 3.05) is 20.2 Å². The molecule has 0 unspecified atom stereocenters. The van der Waals surface area contributed by atoms with Crippen molar-refractivity contribution in [3.05, 3.63) is 47.4 Å². The standard InChI is InChI=1S/C16H21FN4O2/c1-11-12(2)23-15(21-11)10-20-16(18-3)19-7-8-22-14-6-4-5-13(17)9-14/h4-6,9H,7-8,10H2,1-3H3,(H2,18,19,20). The molecule has 0 saturated heterocycles. The fourth-order valence-electron chi connectivity index (χ4n) is 1.89. The van der Waals surface area contributed by atoms with Crippen LogP contribution in [-0.4, -0.2) is 31.1 Å². The summed E-state index contributed by atoms with van der Waals surface area (Å²) in [6.45, 7) is 5.14. The molecule has 0 bridgehead atoms. The van der Waals surface area contributed by atoms with E-state index in [9.17, 15) is 4.39 Å². The summed E-state index contributed by atoms with van der Waals surface area (Å²) >= 11 is 0. The zero-order valence-corrected chi connectivity index (χ0v) is 13.5. The molecule has 124 valence electrons. The van der Waals surface area contributed by atoms with Crippen molar-refractivity contribution >= 4 is 5.96 Å². The number of halogens is 1. The number of hydrogen-bond acceptors (Lipinski definition) is 4. The van der Waals surface area contributed by atoms with E-state index in [1.165, 1.54) is 12.1 Å². The molecule has 23 heavy (non-hydrogen) atoms. The summed E-state index contributed by atoms with van der Waals surface area (Å²) < 4.78 is 23.9. The highest BCUT2D eigenvalue weighted by Crippen LogP contribution is 2.11. The Balaban J connectivity index is 1.70. The summed E-state index contributed by atoms with van der Waals surface area (Å²) in [5.74, 6) is 2.22. The molecule has 6 nitrogen and oxygen atoms in total. The Hall–Kier alpha value is -2.57. The minimum atomic E-state index is -0.315. The molecule has 2 rings (SSSR count). The van der Waals surface area contributed by atoms with Crippen LogP contribution in [0, 0.1) is 19.7 Å². The molecule has 0 spiro atoms. The fourth-order valence-corrected chi connectivity index (χ4v) is 1.89. The van der Waals surface area contributed by atoms with Crippen molar-refractivity contribution in [3.63, 3.8) is 0 Å². The number of hydrogen-bond donors (Lipinski definition) is 2. The van der Waals surface area contributed by atoms with Gasteiger partial charge in [-0.05, 0) is 26.0 Å². The topological polar surface area (TPSA) is 71.7 Å². The summed E-state index contributed by atoms with van der Waals surface area (Å²) in [7, 11) is 1.68. The summed E-state index contributed by atoms with van der Waals surface area (Å²) in [4.78, 5) is 8.39. The molecule has 0 radical (unpaired) electrons. The van der Waals surface area contributed by atoms with Gasteiger partial charge in [-0.25, -0.2) is 9.37 Å². The largest absolute Gasteiger partial charge is 0.492 e. The van der Waals surface area contributed by atoms with Gasteiger partial charge in [0, 0.05) is 13.1 Å². The first kappa shape index (κ1) is 16.8. The first-order valence-corrected chi connectivity index (χ1v) is 7.34. The van der Waals surface area contributed by atoms with Gasteiger partial charge in [-0.3, -0.25) is 4.99 Å². The third kappa shape index (κ3) is 5.28. The number of aliphatic imine (C=N–C) groups is 1. The second-order valence-electron chi connectivity index (χ2n) is 4.91. The molecular formula is C16H21FN4O2. The van der Waals surface area contributed by atoms with E-state index in [1.807, 2.05) is 13.8 Å². The molecule has 1 heterocycles. The Bertz CT molecular complexity index is 650. The van der Waals surface area contributed by atoms with Crippen molar-refractivity contribution in [3.8, 4) is 5.75 Å². The zero-order chi connectivity index (χ0) is 16.7. The average molecular weight is 320 g/mol. The van der Waals surface area contributed by atoms with Crippen molar-refractivity contribution in [2.45, 2.75) is 20.4 Å². The monoisotopic (exact) mass is 320 g/mol. The molecule has 1 aromatic carbocycles. The van der Waals surface area contributed by atoms with Gasteiger partial charge in [0.2, 0.25) is 5.89 Å². The lowest BCUT2D eigenvalue weighted by atomic mass is 10.3. The van der Waals surface area contributed by atoms with E-state index in [1.54, 1.807) is 19.2 Å². The summed E-state index contributed by atoms with van der Waals surface area (Å²) in [5, 5.41) is 6.20. The van der Waals surface area contributed by atoms with Gasteiger partial charge >= 0.3 is 0 Å². The molecule has 0 fully saturated rings. The Kier molecular flexibility index (Phi) is 5.96. The maximum atomic E-state index is 13.0. The van der Waals surface area contributed by atoms with Gasteiger partial charge in [0.05, 0.1) is 18.8 Å². The SMILES string of the molecule is CN=C(NCCOc1cccc(F)c1)NCc1nc(C)c(C)o1. The van der Waals surface area contributed by atoms with Crippen LogP contribution in [0.15, 0.2) is 33.7 Å². The van der Waals surface area contributed by atoms with Gasteiger partial charge < -0.3 is 19.8 Å². The van der Waals surface area contributed by atoms with Crippen molar-refractivity contribution < 1.29 is 13.5 Å². The van der Waals surface area contributed by atoms with Crippen LogP contribution in [0.25, 0.3) is 0 Å². The highest BCUT2D eigenvalue weighted by atomic mass is 19.1. The second kappa shape index (κ2) is 8.17. The van der Waals surface area contributed by atoms with E-state index in [-0.39, 0.29) is 5.82 Å². The molecule has 0 aliphatic rings. The quantitative estimate of drug-likeness (QED) is 0.485.